The van der Waals surface area contributed by atoms with Crippen molar-refractivity contribution in [3.8, 4) is 5.75 Å². The van der Waals surface area contributed by atoms with E-state index in [1.54, 1.807) is 17.0 Å². The highest BCUT2D eigenvalue weighted by Crippen LogP contribution is 2.30. The monoisotopic (exact) mass is 408 g/mol. The largest absolute Gasteiger partial charge is 0.493 e. The minimum atomic E-state index is -0.713. The van der Waals surface area contributed by atoms with E-state index in [9.17, 15) is 14.4 Å². The third kappa shape index (κ3) is 3.39. The van der Waals surface area contributed by atoms with E-state index >= 15 is 0 Å². The molecule has 0 atom stereocenters. The van der Waals surface area contributed by atoms with Gasteiger partial charge in [0.05, 0.1) is 7.11 Å². The number of amides is 2. The molecule has 1 saturated heterocycles. The number of ether oxygens (including phenoxy) is 1. The van der Waals surface area contributed by atoms with Crippen molar-refractivity contribution < 1.29 is 18.7 Å². The van der Waals surface area contributed by atoms with E-state index in [0.29, 0.717) is 42.6 Å². The van der Waals surface area contributed by atoms with Crippen molar-refractivity contribution in [2.24, 2.45) is 11.7 Å². The van der Waals surface area contributed by atoms with E-state index in [4.69, 9.17) is 14.9 Å². The van der Waals surface area contributed by atoms with Gasteiger partial charge in [0.25, 0.3) is 5.91 Å². The fourth-order valence-corrected chi connectivity index (χ4v) is 3.46. The van der Waals surface area contributed by atoms with Crippen LogP contribution in [0.1, 0.15) is 23.2 Å². The first-order valence-corrected chi connectivity index (χ1v) is 8.60. The van der Waals surface area contributed by atoms with Crippen molar-refractivity contribution in [3.63, 3.8) is 0 Å². The number of likely N-dealkylation sites (tertiary alicyclic amines) is 1. The second-order valence-corrected chi connectivity index (χ2v) is 6.86. The maximum Gasteiger partial charge on any atom is 0.349 e. The SMILES string of the molecule is COc1cc(Br)cc2cc(C(=O)N3CCC(C(N)=O)CC3)c(=O)oc12. The number of benzene rings is 1. The zero-order valence-electron chi connectivity index (χ0n) is 13.6. The molecule has 2 aromatic rings. The number of carbonyl (C=O) groups excluding carboxylic acids is 2. The standard InChI is InChI=1S/C17H17BrN2O5/c1-24-13-8-11(18)6-10-7-12(17(23)25-14(10)13)16(22)20-4-2-9(3-5-20)15(19)21/h6-9H,2-5H2,1H3,(H2,19,21). The molecule has 7 nitrogen and oxygen atoms in total. The molecule has 25 heavy (non-hydrogen) atoms. The molecule has 2 heterocycles. The van der Waals surface area contributed by atoms with Gasteiger partial charge < -0.3 is 19.8 Å². The van der Waals surface area contributed by atoms with Crippen molar-refractivity contribution in [2.45, 2.75) is 12.8 Å². The summed E-state index contributed by atoms with van der Waals surface area (Å²) in [5.41, 5.74) is 4.85. The van der Waals surface area contributed by atoms with E-state index in [0.717, 1.165) is 4.47 Å². The molecular formula is C17H17BrN2O5. The molecule has 0 aliphatic carbocycles. The molecule has 0 bridgehead atoms. The van der Waals surface area contributed by atoms with Gasteiger partial charge in [-0.2, -0.15) is 0 Å². The lowest BCUT2D eigenvalue weighted by Gasteiger charge is -2.30. The molecule has 1 fully saturated rings. The Morgan fingerprint density at radius 3 is 2.56 bits per heavy atom. The van der Waals surface area contributed by atoms with E-state index in [-0.39, 0.29) is 17.4 Å². The lowest BCUT2D eigenvalue weighted by Crippen LogP contribution is -2.42. The van der Waals surface area contributed by atoms with Crippen LogP contribution in [0.3, 0.4) is 0 Å². The van der Waals surface area contributed by atoms with Crippen LogP contribution in [0.2, 0.25) is 0 Å². The number of hydrogen-bond donors (Lipinski definition) is 1. The van der Waals surface area contributed by atoms with Crippen LogP contribution in [0.25, 0.3) is 11.0 Å². The first-order valence-electron chi connectivity index (χ1n) is 7.80. The highest BCUT2D eigenvalue weighted by molar-refractivity contribution is 9.10. The summed E-state index contributed by atoms with van der Waals surface area (Å²) in [7, 11) is 1.48. The third-order valence-electron chi connectivity index (χ3n) is 4.40. The highest BCUT2D eigenvalue weighted by atomic mass is 79.9. The number of methoxy groups -OCH3 is 1. The molecule has 1 aliphatic rings. The molecule has 132 valence electrons. The van der Waals surface area contributed by atoms with Crippen LogP contribution in [0, 0.1) is 5.92 Å². The van der Waals surface area contributed by atoms with Gasteiger partial charge in [0, 0.05) is 28.9 Å². The smallest absolute Gasteiger partial charge is 0.349 e. The van der Waals surface area contributed by atoms with Gasteiger partial charge in [-0.25, -0.2) is 4.79 Å². The van der Waals surface area contributed by atoms with Crippen LogP contribution in [-0.2, 0) is 4.79 Å². The second kappa shape index (κ2) is 6.87. The van der Waals surface area contributed by atoms with Crippen molar-refractivity contribution in [1.29, 1.82) is 0 Å². The molecule has 0 radical (unpaired) electrons. The number of piperidine rings is 1. The summed E-state index contributed by atoms with van der Waals surface area (Å²) in [6.45, 7) is 0.761. The van der Waals surface area contributed by atoms with Gasteiger partial charge in [0.1, 0.15) is 5.56 Å². The molecule has 1 aromatic carbocycles. The average molecular weight is 409 g/mol. The summed E-state index contributed by atoms with van der Waals surface area (Å²) in [6.07, 6.45) is 0.999. The van der Waals surface area contributed by atoms with Crippen molar-refractivity contribution in [3.05, 3.63) is 38.7 Å². The fourth-order valence-electron chi connectivity index (χ4n) is 3.01. The van der Waals surface area contributed by atoms with Crippen molar-refractivity contribution in [2.75, 3.05) is 20.2 Å². The first-order chi connectivity index (χ1) is 11.9. The number of rotatable bonds is 3. The minimum absolute atomic E-state index is 0.0369. The van der Waals surface area contributed by atoms with Gasteiger partial charge in [-0.15, -0.1) is 0 Å². The molecule has 0 unspecified atom stereocenters. The first kappa shape index (κ1) is 17.5. The number of halogens is 1. The van der Waals surface area contributed by atoms with E-state index in [1.807, 2.05) is 0 Å². The second-order valence-electron chi connectivity index (χ2n) is 5.94. The number of primary amides is 1. The minimum Gasteiger partial charge on any atom is -0.493 e. The maximum atomic E-state index is 12.7. The Labute approximate surface area is 151 Å². The Balaban J connectivity index is 1.93. The van der Waals surface area contributed by atoms with E-state index in [1.165, 1.54) is 13.2 Å². The van der Waals surface area contributed by atoms with Gasteiger partial charge >= 0.3 is 5.63 Å². The maximum absolute atomic E-state index is 12.7. The zero-order chi connectivity index (χ0) is 18.1. The summed E-state index contributed by atoms with van der Waals surface area (Å²) >= 11 is 3.36. The quantitative estimate of drug-likeness (QED) is 0.781. The van der Waals surface area contributed by atoms with Gasteiger partial charge in [0.15, 0.2) is 11.3 Å². The van der Waals surface area contributed by atoms with Crippen LogP contribution < -0.4 is 16.1 Å². The van der Waals surface area contributed by atoms with Gasteiger partial charge in [-0.3, -0.25) is 9.59 Å². The summed E-state index contributed by atoms with van der Waals surface area (Å²) < 4.78 is 11.3. The highest BCUT2D eigenvalue weighted by Gasteiger charge is 2.28. The Morgan fingerprint density at radius 1 is 1.28 bits per heavy atom. The lowest BCUT2D eigenvalue weighted by molar-refractivity contribution is -0.123. The van der Waals surface area contributed by atoms with Crippen LogP contribution in [0.4, 0.5) is 0 Å². The van der Waals surface area contributed by atoms with Crippen LogP contribution in [-0.4, -0.2) is 36.9 Å². The topological polar surface area (TPSA) is 103 Å². The molecule has 8 heteroatoms. The number of nitrogens with zero attached hydrogens (tertiary/aromatic N) is 1. The Kier molecular flexibility index (Phi) is 4.80. The Bertz CT molecular complexity index is 900. The Hall–Kier alpha value is -2.35. The molecule has 1 aliphatic heterocycles. The average Bonchev–Trinajstić information content (AvgIpc) is 2.60. The molecule has 1 aromatic heterocycles. The molecule has 0 spiro atoms. The Morgan fingerprint density at radius 2 is 1.96 bits per heavy atom. The zero-order valence-corrected chi connectivity index (χ0v) is 15.2. The van der Waals surface area contributed by atoms with E-state index < -0.39 is 11.5 Å². The van der Waals surface area contributed by atoms with Gasteiger partial charge in [-0.05, 0) is 31.0 Å². The number of hydrogen-bond acceptors (Lipinski definition) is 5. The summed E-state index contributed by atoms with van der Waals surface area (Å²) in [6, 6.07) is 4.94. The van der Waals surface area contributed by atoms with E-state index in [2.05, 4.69) is 15.9 Å². The fraction of sp³-hybridized carbons (Fsp3) is 0.353. The lowest BCUT2D eigenvalue weighted by atomic mass is 9.96. The third-order valence-corrected chi connectivity index (χ3v) is 4.86. The number of carbonyl (C=O) groups is 2. The normalized spacial score (nSPS) is 15.4. The summed E-state index contributed by atoms with van der Waals surface area (Å²) in [5, 5.41) is 0.584. The van der Waals surface area contributed by atoms with Gasteiger partial charge in [0.2, 0.25) is 5.91 Å². The molecule has 3 rings (SSSR count). The van der Waals surface area contributed by atoms with Crippen molar-refractivity contribution >= 4 is 38.7 Å². The number of nitrogens with two attached hydrogens (primary N) is 1. The van der Waals surface area contributed by atoms with Crippen LogP contribution >= 0.6 is 15.9 Å². The molecular weight excluding hydrogens is 392 g/mol. The predicted molar refractivity (Wildman–Crippen MR) is 94.6 cm³/mol. The molecule has 2 N–H and O–H groups in total. The van der Waals surface area contributed by atoms with Crippen LogP contribution in [0.15, 0.2) is 31.9 Å². The van der Waals surface area contributed by atoms with Crippen molar-refractivity contribution in [1.82, 2.24) is 4.90 Å². The molecule has 2 amide bonds. The van der Waals surface area contributed by atoms with Crippen LogP contribution in [0.5, 0.6) is 5.75 Å². The summed E-state index contributed by atoms with van der Waals surface area (Å²) in [4.78, 5) is 37.8. The predicted octanol–water partition coefficient (Wildman–Crippen LogP) is 1.90. The summed E-state index contributed by atoms with van der Waals surface area (Å²) in [5.74, 6) is -0.577. The molecule has 0 saturated carbocycles. The van der Waals surface area contributed by atoms with Gasteiger partial charge in [-0.1, -0.05) is 15.9 Å². The number of fused-ring (bicyclic) bond motifs is 1.